The molecular weight excluding hydrogens is 257 g/mol. The lowest BCUT2D eigenvalue weighted by Gasteiger charge is -2.07. The molecule has 2 rings (SSSR count). The Morgan fingerprint density at radius 3 is 2.80 bits per heavy atom. The molecule has 0 spiro atoms. The van der Waals surface area contributed by atoms with Gasteiger partial charge in [-0.05, 0) is 25.1 Å². The van der Waals surface area contributed by atoms with Gasteiger partial charge >= 0.3 is 0 Å². The molecule has 2 N–H and O–H groups in total. The number of hydrogen-bond acceptors (Lipinski definition) is 3. The van der Waals surface area contributed by atoms with Gasteiger partial charge in [0.1, 0.15) is 18.2 Å². The molecule has 0 amide bonds. The van der Waals surface area contributed by atoms with Crippen LogP contribution >= 0.6 is 0 Å². The topological polar surface area (TPSA) is 53.1 Å². The van der Waals surface area contributed by atoms with Crippen molar-refractivity contribution in [2.24, 2.45) is 12.8 Å². The Bertz CT molecular complexity index is 667. The van der Waals surface area contributed by atoms with Crippen LogP contribution in [-0.2, 0) is 13.7 Å². The van der Waals surface area contributed by atoms with Gasteiger partial charge in [0.05, 0.1) is 23.5 Å². The summed E-state index contributed by atoms with van der Waals surface area (Å²) >= 11 is 0. The number of rotatable bonds is 3. The van der Waals surface area contributed by atoms with Crippen molar-refractivity contribution in [3.05, 3.63) is 47.0 Å². The molecule has 0 fully saturated rings. The normalized spacial score (nSPS) is 10.0. The number of nitrogens with zero attached hydrogens (tertiary/aromatic N) is 2. The van der Waals surface area contributed by atoms with E-state index in [1.165, 1.54) is 6.07 Å². The molecule has 1 heterocycles. The van der Waals surface area contributed by atoms with E-state index in [0.717, 1.165) is 11.4 Å². The number of aryl methyl sites for hydroxylation is 2. The van der Waals surface area contributed by atoms with Gasteiger partial charge in [-0.1, -0.05) is 11.8 Å². The van der Waals surface area contributed by atoms with Crippen molar-refractivity contribution >= 4 is 0 Å². The van der Waals surface area contributed by atoms with Gasteiger partial charge in [0.15, 0.2) is 0 Å². The summed E-state index contributed by atoms with van der Waals surface area (Å²) in [5.74, 6) is 5.33. The average molecular weight is 273 g/mol. The Morgan fingerprint density at radius 1 is 1.40 bits per heavy atom. The lowest BCUT2D eigenvalue weighted by molar-refractivity contribution is 0.293. The number of aromatic nitrogens is 2. The second-order valence-corrected chi connectivity index (χ2v) is 4.34. The fraction of sp³-hybridized carbons (Fsp3) is 0.267. The third-order valence-electron chi connectivity index (χ3n) is 2.75. The Morgan fingerprint density at radius 2 is 2.20 bits per heavy atom. The van der Waals surface area contributed by atoms with E-state index in [-0.39, 0.29) is 6.54 Å². The minimum absolute atomic E-state index is 0.206. The lowest BCUT2D eigenvalue weighted by atomic mass is 10.2. The van der Waals surface area contributed by atoms with Crippen molar-refractivity contribution in [3.8, 4) is 17.6 Å². The van der Waals surface area contributed by atoms with Gasteiger partial charge in [0.2, 0.25) is 0 Å². The monoisotopic (exact) mass is 273 g/mol. The van der Waals surface area contributed by atoms with Gasteiger partial charge in [0.25, 0.3) is 0 Å². The fourth-order valence-corrected chi connectivity index (χ4v) is 1.79. The zero-order valence-corrected chi connectivity index (χ0v) is 11.5. The lowest BCUT2D eigenvalue weighted by Crippen LogP contribution is -2.03. The molecule has 4 nitrogen and oxygen atoms in total. The molecule has 5 heteroatoms. The molecular formula is C15H16FN3O. The van der Waals surface area contributed by atoms with Crippen LogP contribution in [-0.4, -0.2) is 16.3 Å². The molecule has 0 saturated carbocycles. The van der Waals surface area contributed by atoms with Crippen LogP contribution in [0.15, 0.2) is 24.3 Å². The molecule has 0 radical (unpaired) electrons. The van der Waals surface area contributed by atoms with Crippen LogP contribution < -0.4 is 10.5 Å². The standard InChI is InChI=1S/C15H16FN3O/c1-11-8-13(19(2)18-11)10-20-14-6-5-12(4-3-7-17)15(16)9-14/h5-6,8-9H,7,10,17H2,1-2H3. The van der Waals surface area contributed by atoms with E-state index in [0.29, 0.717) is 17.9 Å². The van der Waals surface area contributed by atoms with Gasteiger partial charge in [-0.3, -0.25) is 4.68 Å². The maximum Gasteiger partial charge on any atom is 0.142 e. The van der Waals surface area contributed by atoms with Crippen LogP contribution in [0.5, 0.6) is 5.75 Å². The van der Waals surface area contributed by atoms with Crippen molar-refractivity contribution < 1.29 is 9.13 Å². The highest BCUT2D eigenvalue weighted by molar-refractivity contribution is 5.39. The third kappa shape index (κ3) is 3.37. The van der Waals surface area contributed by atoms with E-state index in [9.17, 15) is 4.39 Å². The molecule has 1 aromatic carbocycles. The highest BCUT2D eigenvalue weighted by Gasteiger charge is 2.05. The van der Waals surface area contributed by atoms with Gasteiger partial charge in [-0.25, -0.2) is 4.39 Å². The van der Waals surface area contributed by atoms with Crippen LogP contribution in [0.4, 0.5) is 4.39 Å². The highest BCUT2D eigenvalue weighted by atomic mass is 19.1. The molecule has 0 saturated heterocycles. The predicted octanol–water partition coefficient (Wildman–Crippen LogP) is 1.76. The largest absolute Gasteiger partial charge is 0.487 e. The molecule has 0 aliphatic rings. The smallest absolute Gasteiger partial charge is 0.142 e. The molecule has 0 bridgehead atoms. The van der Waals surface area contributed by atoms with Gasteiger partial charge in [-0.2, -0.15) is 5.10 Å². The third-order valence-corrected chi connectivity index (χ3v) is 2.75. The van der Waals surface area contributed by atoms with Crippen molar-refractivity contribution in [1.82, 2.24) is 9.78 Å². The summed E-state index contributed by atoms with van der Waals surface area (Å²) in [6, 6.07) is 6.52. The second kappa shape index (κ2) is 6.22. The van der Waals surface area contributed by atoms with Crippen molar-refractivity contribution in [2.45, 2.75) is 13.5 Å². The maximum atomic E-state index is 13.7. The first-order valence-electron chi connectivity index (χ1n) is 6.21. The maximum absolute atomic E-state index is 13.7. The fourth-order valence-electron chi connectivity index (χ4n) is 1.79. The summed E-state index contributed by atoms with van der Waals surface area (Å²) in [4.78, 5) is 0. The van der Waals surface area contributed by atoms with E-state index < -0.39 is 5.82 Å². The van der Waals surface area contributed by atoms with Crippen LogP contribution in [0.2, 0.25) is 0 Å². The molecule has 1 aromatic heterocycles. The number of benzene rings is 1. The predicted molar refractivity (Wildman–Crippen MR) is 74.6 cm³/mol. The molecule has 0 aliphatic carbocycles. The number of ether oxygens (including phenoxy) is 1. The first-order valence-corrected chi connectivity index (χ1v) is 6.21. The molecule has 0 atom stereocenters. The van der Waals surface area contributed by atoms with Crippen molar-refractivity contribution in [3.63, 3.8) is 0 Å². The second-order valence-electron chi connectivity index (χ2n) is 4.34. The molecule has 2 aromatic rings. The molecule has 20 heavy (non-hydrogen) atoms. The number of hydrogen-bond donors (Lipinski definition) is 1. The summed E-state index contributed by atoms with van der Waals surface area (Å²) in [5.41, 5.74) is 7.42. The first-order chi connectivity index (χ1) is 9.60. The summed E-state index contributed by atoms with van der Waals surface area (Å²) in [5, 5.41) is 4.22. The van der Waals surface area contributed by atoms with Crippen LogP contribution in [0.1, 0.15) is 17.0 Å². The Balaban J connectivity index is 2.07. The van der Waals surface area contributed by atoms with E-state index in [1.807, 2.05) is 20.0 Å². The summed E-state index contributed by atoms with van der Waals surface area (Å²) in [6.45, 7) is 2.45. The zero-order valence-electron chi connectivity index (χ0n) is 11.5. The van der Waals surface area contributed by atoms with Crippen LogP contribution in [0, 0.1) is 24.6 Å². The zero-order chi connectivity index (χ0) is 14.5. The Hall–Kier alpha value is -2.32. The quantitative estimate of drug-likeness (QED) is 0.867. The Labute approximate surface area is 117 Å². The van der Waals surface area contributed by atoms with E-state index >= 15 is 0 Å². The minimum atomic E-state index is -0.412. The van der Waals surface area contributed by atoms with E-state index in [4.69, 9.17) is 10.5 Å². The summed E-state index contributed by atoms with van der Waals surface area (Å²) in [6.07, 6.45) is 0. The van der Waals surface area contributed by atoms with Gasteiger partial charge in [-0.15, -0.1) is 0 Å². The first kappa shape index (κ1) is 14.1. The SMILES string of the molecule is Cc1cc(COc2ccc(C#CCN)c(F)c2)n(C)n1. The molecule has 0 aliphatic heterocycles. The van der Waals surface area contributed by atoms with E-state index in [1.54, 1.807) is 16.8 Å². The minimum Gasteiger partial charge on any atom is -0.487 e. The average Bonchev–Trinajstić information content (AvgIpc) is 2.73. The number of halogens is 1. The highest BCUT2D eigenvalue weighted by Crippen LogP contribution is 2.17. The summed E-state index contributed by atoms with van der Waals surface area (Å²) in [7, 11) is 1.85. The number of nitrogens with two attached hydrogens (primary N) is 1. The van der Waals surface area contributed by atoms with E-state index in [2.05, 4.69) is 16.9 Å². The van der Waals surface area contributed by atoms with Crippen LogP contribution in [0.25, 0.3) is 0 Å². The van der Waals surface area contributed by atoms with Gasteiger partial charge in [0, 0.05) is 13.1 Å². The van der Waals surface area contributed by atoms with Crippen molar-refractivity contribution in [2.75, 3.05) is 6.54 Å². The molecule has 104 valence electrons. The van der Waals surface area contributed by atoms with Crippen molar-refractivity contribution in [1.29, 1.82) is 0 Å². The summed E-state index contributed by atoms with van der Waals surface area (Å²) < 4.78 is 21.0. The van der Waals surface area contributed by atoms with Gasteiger partial charge < -0.3 is 10.5 Å². The molecule has 0 unspecified atom stereocenters. The Kier molecular flexibility index (Phi) is 4.38. The van der Waals surface area contributed by atoms with Crippen LogP contribution in [0.3, 0.4) is 0 Å².